The van der Waals surface area contributed by atoms with Crippen LogP contribution >= 0.6 is 0 Å². The van der Waals surface area contributed by atoms with Gasteiger partial charge in [0.25, 0.3) is 0 Å². The molecule has 12 atom stereocenters. The van der Waals surface area contributed by atoms with Crippen LogP contribution in [0.5, 0.6) is 0 Å². The van der Waals surface area contributed by atoms with Crippen LogP contribution in [-0.2, 0) is 29.8 Å². The number of fused-ring (bicyclic) bond motifs is 2. The summed E-state index contributed by atoms with van der Waals surface area (Å²) in [4.78, 5) is 16.7. The van der Waals surface area contributed by atoms with Crippen molar-refractivity contribution in [2.45, 2.75) is 84.7 Å². The molecule has 10 nitrogen and oxygen atoms in total. The van der Waals surface area contributed by atoms with Crippen LogP contribution in [0.3, 0.4) is 0 Å². The Morgan fingerprint density at radius 3 is 2.45 bits per heavy atom. The third-order valence-electron chi connectivity index (χ3n) is 14.1. The van der Waals surface area contributed by atoms with Gasteiger partial charge in [0.05, 0.1) is 28.4 Å². The van der Waals surface area contributed by atoms with Crippen molar-refractivity contribution in [3.05, 3.63) is 65.5 Å². The number of methoxy groups -OCH3 is 2. The molecule has 1 aliphatic heterocycles. The predicted molar refractivity (Wildman–Crippen MR) is 174 cm³/mol. The van der Waals surface area contributed by atoms with Crippen LogP contribution in [0.1, 0.15) is 54.9 Å². The Morgan fingerprint density at radius 2 is 1.78 bits per heavy atom. The summed E-state index contributed by atoms with van der Waals surface area (Å²) in [5.74, 6) is -3.07. The molecule has 8 rings (SSSR count). The van der Waals surface area contributed by atoms with E-state index in [4.69, 9.17) is 14.2 Å². The number of rotatable bonds is 9. The molecule has 1 saturated heterocycles. The zero-order valence-corrected chi connectivity index (χ0v) is 28.9. The lowest BCUT2D eigenvalue weighted by Crippen LogP contribution is -2.82. The number of sulfone groups is 1. The Morgan fingerprint density at radius 1 is 1.04 bits per heavy atom. The van der Waals surface area contributed by atoms with Crippen LogP contribution in [0, 0.1) is 40.8 Å². The topological polar surface area (TPSA) is 143 Å². The molecule has 2 aromatic carbocycles. The van der Waals surface area contributed by atoms with E-state index in [9.17, 15) is 32.9 Å². The fraction of sp³-hybridized carbons (Fsp3) is 0.649. The van der Waals surface area contributed by atoms with E-state index in [0.29, 0.717) is 38.8 Å². The molecule has 7 bridgehead atoms. The third-order valence-corrected chi connectivity index (χ3v) is 15.8. The standard InChI is InChI=1S/C37H46FNO9S/c1-4-39-20-34(48-33(41)25-8-6-5-7-21(25)19-49(44,45)24-11-9-23(38)10-12-24)14-13-22(18-40)36-29(34)16-27(31(36)39)35(42)17-28(46-2)26-15-30(36)37(35,43)32(26)47-3/h5-12,22,26-32,40,42-43H,4,13-20H2,1-3H3/t22-,26-,27+,28+,29?,30?,31?,32+,34-,35+,36+,37+/m1/s1. The van der Waals surface area contributed by atoms with Gasteiger partial charge in [-0.05, 0) is 74.0 Å². The summed E-state index contributed by atoms with van der Waals surface area (Å²) in [7, 11) is -0.692. The summed E-state index contributed by atoms with van der Waals surface area (Å²) in [6.45, 7) is 3.01. The monoisotopic (exact) mass is 699 g/mol. The summed E-state index contributed by atoms with van der Waals surface area (Å²) in [5, 5.41) is 36.9. The van der Waals surface area contributed by atoms with E-state index >= 15 is 0 Å². The van der Waals surface area contributed by atoms with Gasteiger partial charge in [-0.15, -0.1) is 0 Å². The number of likely N-dealkylation sites (N-methyl/N-ethyl adjacent to an activating group) is 1. The first-order chi connectivity index (χ1) is 23.4. The molecule has 3 unspecified atom stereocenters. The summed E-state index contributed by atoms with van der Waals surface area (Å²) in [6, 6.07) is 11.0. The van der Waals surface area contributed by atoms with E-state index in [1.807, 2.05) is 0 Å². The molecule has 5 saturated carbocycles. The first-order valence-corrected chi connectivity index (χ1v) is 19.2. The van der Waals surface area contributed by atoms with Gasteiger partial charge in [0.2, 0.25) is 0 Å². The fourth-order valence-corrected chi connectivity index (χ4v) is 13.9. The van der Waals surface area contributed by atoms with Crippen molar-refractivity contribution < 1.29 is 47.1 Å². The van der Waals surface area contributed by atoms with E-state index in [-0.39, 0.29) is 64.9 Å². The van der Waals surface area contributed by atoms with Crippen LogP contribution in [-0.4, -0.2) is 104 Å². The molecule has 6 fully saturated rings. The molecule has 6 aliphatic rings. The lowest BCUT2D eigenvalue weighted by atomic mass is 9.42. The van der Waals surface area contributed by atoms with Crippen LogP contribution in [0.15, 0.2) is 53.4 Å². The number of aliphatic hydroxyl groups is 3. The number of nitrogens with zero attached hydrogens (tertiary/aromatic N) is 1. The number of carbonyl (C=O) groups excluding carboxylic acids is 1. The number of hydrogen-bond donors (Lipinski definition) is 3. The predicted octanol–water partition coefficient (Wildman–Crippen LogP) is 2.97. The Labute approximate surface area is 286 Å². The number of aliphatic hydroxyl groups excluding tert-OH is 1. The molecule has 0 radical (unpaired) electrons. The number of ether oxygens (including phenoxy) is 3. The van der Waals surface area contributed by atoms with E-state index in [0.717, 1.165) is 12.1 Å². The third kappa shape index (κ3) is 4.19. The number of halogens is 1. The van der Waals surface area contributed by atoms with Crippen molar-refractivity contribution in [2.24, 2.45) is 35.0 Å². The van der Waals surface area contributed by atoms with Gasteiger partial charge in [-0.1, -0.05) is 25.1 Å². The Balaban J connectivity index is 1.21. The van der Waals surface area contributed by atoms with Gasteiger partial charge < -0.3 is 29.5 Å². The fourth-order valence-electron chi connectivity index (χ4n) is 12.6. The molecular formula is C37H46FNO9S. The Bertz CT molecular complexity index is 1760. The van der Waals surface area contributed by atoms with Gasteiger partial charge in [0.1, 0.15) is 22.6 Å². The molecular weight excluding hydrogens is 653 g/mol. The zero-order chi connectivity index (χ0) is 34.7. The molecule has 2 aromatic rings. The van der Waals surface area contributed by atoms with Gasteiger partial charge in [0, 0.05) is 68.9 Å². The van der Waals surface area contributed by atoms with E-state index in [1.54, 1.807) is 38.5 Å². The summed E-state index contributed by atoms with van der Waals surface area (Å²) < 4.78 is 59.0. The molecule has 0 amide bonds. The van der Waals surface area contributed by atoms with Gasteiger partial charge >= 0.3 is 5.97 Å². The molecule has 1 heterocycles. The van der Waals surface area contributed by atoms with Gasteiger partial charge in [0.15, 0.2) is 9.84 Å². The largest absolute Gasteiger partial charge is 0.454 e. The molecule has 49 heavy (non-hydrogen) atoms. The molecule has 266 valence electrons. The Hall–Kier alpha value is -2.45. The van der Waals surface area contributed by atoms with Gasteiger partial charge in [-0.25, -0.2) is 17.6 Å². The second-order valence-electron chi connectivity index (χ2n) is 15.5. The van der Waals surface area contributed by atoms with Crippen LogP contribution in [0.2, 0.25) is 0 Å². The highest BCUT2D eigenvalue weighted by Crippen LogP contribution is 2.80. The van der Waals surface area contributed by atoms with Gasteiger partial charge in [-0.2, -0.15) is 0 Å². The van der Waals surface area contributed by atoms with Crippen LogP contribution in [0.25, 0.3) is 0 Å². The summed E-state index contributed by atoms with van der Waals surface area (Å²) in [5.41, 5.74) is -4.34. The van der Waals surface area contributed by atoms with E-state index < -0.39 is 61.6 Å². The minimum atomic E-state index is -3.91. The van der Waals surface area contributed by atoms with Crippen molar-refractivity contribution >= 4 is 15.8 Å². The maximum absolute atomic E-state index is 14.4. The average molecular weight is 700 g/mol. The average Bonchev–Trinajstić information content (AvgIpc) is 3.51. The first-order valence-electron chi connectivity index (χ1n) is 17.5. The summed E-state index contributed by atoms with van der Waals surface area (Å²) >= 11 is 0. The van der Waals surface area contributed by atoms with Crippen molar-refractivity contribution in [2.75, 3.05) is 33.9 Å². The smallest absolute Gasteiger partial charge is 0.339 e. The van der Waals surface area contributed by atoms with E-state index in [2.05, 4.69) is 11.8 Å². The minimum absolute atomic E-state index is 0.0450. The van der Waals surface area contributed by atoms with Crippen molar-refractivity contribution in [3.63, 3.8) is 0 Å². The summed E-state index contributed by atoms with van der Waals surface area (Å²) in [6.07, 6.45) is 1.44. The molecule has 0 aromatic heterocycles. The van der Waals surface area contributed by atoms with E-state index in [1.165, 1.54) is 12.1 Å². The highest BCUT2D eigenvalue weighted by Gasteiger charge is 2.88. The normalized spacial score (nSPS) is 43.4. The maximum Gasteiger partial charge on any atom is 0.339 e. The molecule has 5 aliphatic carbocycles. The highest BCUT2D eigenvalue weighted by atomic mass is 32.2. The number of carbonyl (C=O) groups is 1. The zero-order valence-electron chi connectivity index (χ0n) is 28.1. The number of esters is 1. The second-order valence-corrected chi connectivity index (χ2v) is 17.5. The number of benzene rings is 2. The molecule has 3 N–H and O–H groups in total. The lowest BCUT2D eigenvalue weighted by Gasteiger charge is -2.71. The lowest BCUT2D eigenvalue weighted by molar-refractivity contribution is -0.333. The molecule has 1 spiro atoms. The maximum atomic E-state index is 14.4. The van der Waals surface area contributed by atoms with Crippen molar-refractivity contribution in [3.8, 4) is 0 Å². The second kappa shape index (κ2) is 11.3. The number of likely N-dealkylation sites (tertiary alicyclic amines) is 1. The first kappa shape index (κ1) is 33.7. The van der Waals surface area contributed by atoms with Crippen LogP contribution in [0.4, 0.5) is 4.39 Å². The molecule has 12 heteroatoms. The van der Waals surface area contributed by atoms with Gasteiger partial charge in [-0.3, -0.25) is 4.90 Å². The Kier molecular flexibility index (Phi) is 7.75. The quantitative estimate of drug-likeness (QED) is 0.264. The number of piperidine rings is 1. The van der Waals surface area contributed by atoms with Crippen LogP contribution < -0.4 is 0 Å². The number of hydrogen-bond acceptors (Lipinski definition) is 10. The minimum Gasteiger partial charge on any atom is -0.454 e. The SMILES string of the molecule is CCN1C[C@]2(OC(=O)c3ccccc3CS(=O)(=O)c3ccc(F)cc3)CC[C@H](CO)[C@]34C1[C@H](CC23)[C@@]1(O)C[C@H](OC)[C@H]2CC4[C@]1(O)[C@H]2OC. The highest BCUT2D eigenvalue weighted by molar-refractivity contribution is 7.90. The van der Waals surface area contributed by atoms with Crippen molar-refractivity contribution in [1.29, 1.82) is 0 Å². The van der Waals surface area contributed by atoms with Crippen molar-refractivity contribution in [1.82, 2.24) is 4.90 Å².